The number of aromatic nitrogens is 1. The molecule has 0 radical (unpaired) electrons. The lowest BCUT2D eigenvalue weighted by Crippen LogP contribution is -2.45. The molecule has 1 aromatic carbocycles. The number of hydrogen-bond acceptors (Lipinski definition) is 5. The van der Waals surface area contributed by atoms with E-state index in [9.17, 15) is 0 Å². The van der Waals surface area contributed by atoms with E-state index < -0.39 is 0 Å². The Morgan fingerprint density at radius 1 is 1.43 bits per heavy atom. The summed E-state index contributed by atoms with van der Waals surface area (Å²) in [5.41, 5.74) is 7.99. The standard InChI is InChI=1S/C16H22N4O/c1-2-20-7-8-21-13(11-20)10-19-15-4-3-12-9-18-6-5-14(12)16(15)17/h3-6,9,13,19H,2,7-8,10-11,17H2,1H3. The van der Waals surface area contributed by atoms with E-state index in [0.29, 0.717) is 0 Å². The number of nitrogen functional groups attached to an aromatic ring is 1. The summed E-state index contributed by atoms with van der Waals surface area (Å²) in [6.45, 7) is 6.84. The Balaban J connectivity index is 1.69. The Kier molecular flexibility index (Phi) is 4.22. The van der Waals surface area contributed by atoms with Gasteiger partial charge in [0.05, 0.1) is 24.1 Å². The van der Waals surface area contributed by atoms with Crippen LogP contribution in [0.4, 0.5) is 11.4 Å². The first-order valence-electron chi connectivity index (χ1n) is 7.48. The van der Waals surface area contributed by atoms with Gasteiger partial charge in [-0.15, -0.1) is 0 Å². The summed E-state index contributed by atoms with van der Waals surface area (Å²) in [5.74, 6) is 0. The number of benzene rings is 1. The predicted molar refractivity (Wildman–Crippen MR) is 86.5 cm³/mol. The fourth-order valence-electron chi connectivity index (χ4n) is 2.76. The van der Waals surface area contributed by atoms with Crippen molar-refractivity contribution in [2.24, 2.45) is 0 Å². The third-order valence-electron chi connectivity index (χ3n) is 4.05. The van der Waals surface area contributed by atoms with Crippen LogP contribution in [0.15, 0.2) is 30.6 Å². The highest BCUT2D eigenvalue weighted by atomic mass is 16.5. The summed E-state index contributed by atoms with van der Waals surface area (Å²) in [6.07, 6.45) is 3.82. The van der Waals surface area contributed by atoms with Gasteiger partial charge in [-0.05, 0) is 18.7 Å². The molecule has 0 bridgehead atoms. The number of fused-ring (bicyclic) bond motifs is 1. The SMILES string of the molecule is CCN1CCOC(CNc2ccc3cnccc3c2N)C1. The Labute approximate surface area is 125 Å². The van der Waals surface area contributed by atoms with Gasteiger partial charge < -0.3 is 15.8 Å². The number of morpholine rings is 1. The number of pyridine rings is 1. The molecule has 1 unspecified atom stereocenters. The molecule has 2 aromatic rings. The number of rotatable bonds is 4. The van der Waals surface area contributed by atoms with Crippen molar-refractivity contribution in [3.63, 3.8) is 0 Å². The molecule has 0 spiro atoms. The quantitative estimate of drug-likeness (QED) is 0.841. The largest absolute Gasteiger partial charge is 0.397 e. The number of ether oxygens (including phenoxy) is 1. The number of nitrogens with one attached hydrogen (secondary N) is 1. The predicted octanol–water partition coefficient (Wildman–Crippen LogP) is 1.95. The maximum Gasteiger partial charge on any atom is 0.0874 e. The molecule has 21 heavy (non-hydrogen) atoms. The summed E-state index contributed by atoms with van der Waals surface area (Å²) in [7, 11) is 0. The molecule has 5 heteroatoms. The molecule has 5 nitrogen and oxygen atoms in total. The molecule has 0 saturated carbocycles. The van der Waals surface area contributed by atoms with Crippen LogP contribution in [0.3, 0.4) is 0 Å². The minimum Gasteiger partial charge on any atom is -0.397 e. The zero-order valence-corrected chi connectivity index (χ0v) is 12.4. The van der Waals surface area contributed by atoms with Crippen LogP contribution >= 0.6 is 0 Å². The Morgan fingerprint density at radius 2 is 2.33 bits per heavy atom. The zero-order valence-electron chi connectivity index (χ0n) is 12.4. The normalized spacial score (nSPS) is 19.8. The van der Waals surface area contributed by atoms with Gasteiger partial charge in [-0.1, -0.05) is 13.0 Å². The molecule has 1 saturated heterocycles. The van der Waals surface area contributed by atoms with Crippen LogP contribution in [-0.4, -0.2) is 48.8 Å². The summed E-state index contributed by atoms with van der Waals surface area (Å²) in [6, 6.07) is 6.01. The number of likely N-dealkylation sites (N-methyl/N-ethyl adjacent to an activating group) is 1. The number of hydrogen-bond donors (Lipinski definition) is 2. The second-order valence-corrected chi connectivity index (χ2v) is 5.39. The lowest BCUT2D eigenvalue weighted by Gasteiger charge is -2.32. The first-order chi connectivity index (χ1) is 10.3. The second kappa shape index (κ2) is 6.28. The first-order valence-corrected chi connectivity index (χ1v) is 7.48. The molecule has 0 amide bonds. The molecule has 2 heterocycles. The number of anilines is 2. The summed E-state index contributed by atoms with van der Waals surface area (Å²) < 4.78 is 5.80. The first kappa shape index (κ1) is 14.1. The minimum absolute atomic E-state index is 0.214. The van der Waals surface area contributed by atoms with Gasteiger partial charge in [-0.3, -0.25) is 9.88 Å². The molecule has 1 aromatic heterocycles. The fraction of sp³-hybridized carbons (Fsp3) is 0.438. The maximum absolute atomic E-state index is 6.25. The highest BCUT2D eigenvalue weighted by molar-refractivity contribution is 5.98. The molecule has 1 aliphatic heterocycles. The molecular formula is C16H22N4O. The minimum atomic E-state index is 0.214. The molecule has 3 rings (SSSR count). The van der Waals surface area contributed by atoms with Gasteiger partial charge in [-0.2, -0.15) is 0 Å². The number of nitrogens with zero attached hydrogens (tertiary/aromatic N) is 2. The second-order valence-electron chi connectivity index (χ2n) is 5.39. The van der Waals surface area contributed by atoms with Crippen molar-refractivity contribution in [1.82, 2.24) is 9.88 Å². The Bertz CT molecular complexity index is 616. The van der Waals surface area contributed by atoms with E-state index in [4.69, 9.17) is 10.5 Å². The van der Waals surface area contributed by atoms with Crippen LogP contribution in [0.2, 0.25) is 0 Å². The Morgan fingerprint density at radius 3 is 3.19 bits per heavy atom. The Hall–Kier alpha value is -1.85. The zero-order chi connectivity index (χ0) is 14.7. The van der Waals surface area contributed by atoms with Crippen molar-refractivity contribution >= 4 is 22.1 Å². The topological polar surface area (TPSA) is 63.4 Å². The molecule has 1 aliphatic rings. The average molecular weight is 286 g/mol. The lowest BCUT2D eigenvalue weighted by atomic mass is 10.1. The van der Waals surface area contributed by atoms with Gasteiger partial charge in [0.2, 0.25) is 0 Å². The fourth-order valence-corrected chi connectivity index (χ4v) is 2.76. The van der Waals surface area contributed by atoms with Gasteiger partial charge in [0, 0.05) is 42.8 Å². The molecule has 112 valence electrons. The van der Waals surface area contributed by atoms with Gasteiger partial charge >= 0.3 is 0 Å². The van der Waals surface area contributed by atoms with Crippen LogP contribution < -0.4 is 11.1 Å². The molecule has 1 atom stereocenters. The maximum atomic E-state index is 6.25. The van der Waals surface area contributed by atoms with Crippen LogP contribution in [0.5, 0.6) is 0 Å². The van der Waals surface area contributed by atoms with Crippen molar-refractivity contribution < 1.29 is 4.74 Å². The van der Waals surface area contributed by atoms with Crippen molar-refractivity contribution in [3.8, 4) is 0 Å². The number of nitrogens with two attached hydrogens (primary N) is 1. The summed E-state index contributed by atoms with van der Waals surface area (Å²) >= 11 is 0. The van der Waals surface area contributed by atoms with E-state index in [2.05, 4.69) is 22.1 Å². The van der Waals surface area contributed by atoms with E-state index in [1.54, 1.807) is 6.20 Å². The molecule has 0 aliphatic carbocycles. The highest BCUT2D eigenvalue weighted by Gasteiger charge is 2.19. The molecule has 1 fully saturated rings. The van der Waals surface area contributed by atoms with E-state index >= 15 is 0 Å². The average Bonchev–Trinajstić information content (AvgIpc) is 2.55. The van der Waals surface area contributed by atoms with Crippen molar-refractivity contribution in [3.05, 3.63) is 30.6 Å². The van der Waals surface area contributed by atoms with Gasteiger partial charge in [0.1, 0.15) is 0 Å². The van der Waals surface area contributed by atoms with Crippen molar-refractivity contribution in [1.29, 1.82) is 0 Å². The smallest absolute Gasteiger partial charge is 0.0874 e. The lowest BCUT2D eigenvalue weighted by molar-refractivity contribution is -0.0191. The molecular weight excluding hydrogens is 264 g/mol. The third kappa shape index (κ3) is 3.09. The van der Waals surface area contributed by atoms with Gasteiger partial charge in [0.25, 0.3) is 0 Å². The van der Waals surface area contributed by atoms with E-state index in [1.807, 2.05) is 24.4 Å². The highest BCUT2D eigenvalue weighted by Crippen LogP contribution is 2.28. The third-order valence-corrected chi connectivity index (χ3v) is 4.05. The summed E-state index contributed by atoms with van der Waals surface area (Å²) in [5, 5.41) is 5.52. The van der Waals surface area contributed by atoms with Crippen LogP contribution in [-0.2, 0) is 4.74 Å². The van der Waals surface area contributed by atoms with Crippen molar-refractivity contribution in [2.75, 3.05) is 43.8 Å². The summed E-state index contributed by atoms with van der Waals surface area (Å²) in [4.78, 5) is 6.53. The monoisotopic (exact) mass is 286 g/mol. The van der Waals surface area contributed by atoms with E-state index in [0.717, 1.165) is 54.9 Å². The van der Waals surface area contributed by atoms with Crippen LogP contribution in [0.1, 0.15) is 6.92 Å². The van der Waals surface area contributed by atoms with Crippen LogP contribution in [0.25, 0.3) is 10.8 Å². The van der Waals surface area contributed by atoms with E-state index in [-0.39, 0.29) is 6.10 Å². The van der Waals surface area contributed by atoms with E-state index in [1.165, 1.54) is 0 Å². The van der Waals surface area contributed by atoms with Gasteiger partial charge in [0.15, 0.2) is 0 Å². The van der Waals surface area contributed by atoms with Crippen molar-refractivity contribution in [2.45, 2.75) is 13.0 Å². The van der Waals surface area contributed by atoms with Crippen LogP contribution in [0, 0.1) is 0 Å². The van der Waals surface area contributed by atoms with Gasteiger partial charge in [-0.25, -0.2) is 0 Å². The molecule has 3 N–H and O–H groups in total.